The highest BCUT2D eigenvalue weighted by Gasteiger charge is 2.02. The Morgan fingerprint density at radius 2 is 2.15 bits per heavy atom. The molecule has 1 aromatic carbocycles. The van der Waals surface area contributed by atoms with Crippen molar-refractivity contribution in [1.29, 1.82) is 0 Å². The van der Waals surface area contributed by atoms with Crippen LogP contribution in [-0.4, -0.2) is 0 Å². The molecule has 2 aromatic rings. The fourth-order valence-electron chi connectivity index (χ4n) is 1.31. The normalized spacial score (nSPS) is 10.2. The van der Waals surface area contributed by atoms with Crippen LogP contribution < -0.4 is 5.73 Å². The molecule has 0 spiro atoms. The van der Waals surface area contributed by atoms with Crippen LogP contribution in [0, 0.1) is 6.07 Å². The molecule has 0 aliphatic carbocycles. The lowest BCUT2D eigenvalue weighted by molar-refractivity contribution is 1.07. The van der Waals surface area contributed by atoms with Crippen molar-refractivity contribution in [3.8, 4) is 10.4 Å². The molecule has 1 heterocycles. The predicted octanol–water partition coefficient (Wildman–Crippen LogP) is 2.67. The molecule has 0 bridgehead atoms. The van der Waals surface area contributed by atoms with Gasteiger partial charge in [-0.1, -0.05) is 24.3 Å². The molecule has 0 saturated heterocycles. The van der Waals surface area contributed by atoms with E-state index in [0.717, 1.165) is 0 Å². The van der Waals surface area contributed by atoms with Crippen molar-refractivity contribution in [2.45, 2.75) is 6.54 Å². The third-order valence-electron chi connectivity index (χ3n) is 1.95. The first-order valence-corrected chi connectivity index (χ1v) is 5.03. The molecule has 0 fully saturated rings. The van der Waals surface area contributed by atoms with Gasteiger partial charge in [0.2, 0.25) is 0 Å². The quantitative estimate of drug-likeness (QED) is 0.770. The van der Waals surface area contributed by atoms with Gasteiger partial charge < -0.3 is 5.73 Å². The van der Waals surface area contributed by atoms with Crippen molar-refractivity contribution in [3.05, 3.63) is 47.3 Å². The van der Waals surface area contributed by atoms with Gasteiger partial charge >= 0.3 is 0 Å². The van der Waals surface area contributed by atoms with Crippen LogP contribution in [0.25, 0.3) is 10.4 Å². The number of rotatable bonds is 2. The van der Waals surface area contributed by atoms with Gasteiger partial charge in [0.25, 0.3) is 0 Å². The van der Waals surface area contributed by atoms with E-state index in [9.17, 15) is 0 Å². The molecule has 0 atom stereocenters. The lowest BCUT2D eigenvalue weighted by atomic mass is 10.1. The van der Waals surface area contributed by atoms with Gasteiger partial charge in [-0.3, -0.25) is 0 Å². The third-order valence-corrected chi connectivity index (χ3v) is 2.80. The van der Waals surface area contributed by atoms with E-state index in [1.807, 2.05) is 23.6 Å². The van der Waals surface area contributed by atoms with Crippen molar-refractivity contribution < 1.29 is 0 Å². The van der Waals surface area contributed by atoms with Crippen molar-refractivity contribution in [2.75, 3.05) is 0 Å². The molecular weight excluding hydrogens is 178 g/mol. The zero-order valence-electron chi connectivity index (χ0n) is 7.16. The van der Waals surface area contributed by atoms with Gasteiger partial charge in [0.15, 0.2) is 0 Å². The second-order valence-electron chi connectivity index (χ2n) is 2.76. The van der Waals surface area contributed by atoms with Crippen molar-refractivity contribution in [1.82, 2.24) is 0 Å². The Morgan fingerprint density at radius 3 is 2.85 bits per heavy atom. The first-order chi connectivity index (χ1) is 6.42. The first-order valence-electron chi connectivity index (χ1n) is 4.15. The molecule has 65 valence electrons. The number of benzene rings is 1. The minimum atomic E-state index is 0.585. The van der Waals surface area contributed by atoms with Gasteiger partial charge in [0.1, 0.15) is 0 Å². The van der Waals surface area contributed by atoms with E-state index in [0.29, 0.717) is 6.54 Å². The van der Waals surface area contributed by atoms with Crippen LogP contribution in [0.1, 0.15) is 5.56 Å². The molecule has 0 aliphatic rings. The molecule has 0 amide bonds. The van der Waals surface area contributed by atoms with E-state index >= 15 is 0 Å². The van der Waals surface area contributed by atoms with Crippen LogP contribution in [0.15, 0.2) is 35.7 Å². The SMILES string of the molecule is NCc1ccccc1-c1[c]ccs1. The van der Waals surface area contributed by atoms with Crippen LogP contribution in [0.2, 0.25) is 0 Å². The molecule has 0 aliphatic heterocycles. The summed E-state index contributed by atoms with van der Waals surface area (Å²) >= 11 is 1.69. The Balaban J connectivity index is 2.51. The molecule has 1 aromatic heterocycles. The number of nitrogens with two attached hydrogens (primary N) is 1. The van der Waals surface area contributed by atoms with Gasteiger partial charge in [-0.05, 0) is 22.6 Å². The zero-order chi connectivity index (χ0) is 9.10. The fourth-order valence-corrected chi connectivity index (χ4v) is 2.04. The van der Waals surface area contributed by atoms with Gasteiger partial charge in [0, 0.05) is 17.5 Å². The summed E-state index contributed by atoms with van der Waals surface area (Å²) in [6.07, 6.45) is 0. The van der Waals surface area contributed by atoms with Crippen LogP contribution in [0.3, 0.4) is 0 Å². The minimum absolute atomic E-state index is 0.585. The standard InChI is InChI=1S/C11H10NS/c12-8-9-4-1-2-5-10(9)11-6-3-7-13-11/h1-5,7H,8,12H2. The molecule has 0 saturated carbocycles. The topological polar surface area (TPSA) is 26.0 Å². The average Bonchev–Trinajstić information content (AvgIpc) is 2.70. The Kier molecular flexibility index (Phi) is 2.43. The number of hydrogen-bond acceptors (Lipinski definition) is 2. The summed E-state index contributed by atoms with van der Waals surface area (Å²) in [5, 5.41) is 2.03. The second kappa shape index (κ2) is 3.73. The lowest BCUT2D eigenvalue weighted by Crippen LogP contribution is -1.97. The maximum atomic E-state index is 5.65. The fraction of sp³-hybridized carbons (Fsp3) is 0.0909. The summed E-state index contributed by atoms with van der Waals surface area (Å²) in [6, 6.07) is 13.3. The van der Waals surface area contributed by atoms with E-state index in [2.05, 4.69) is 18.2 Å². The Bertz CT molecular complexity index is 379. The Hall–Kier alpha value is -1.12. The van der Waals surface area contributed by atoms with Crippen LogP contribution >= 0.6 is 11.3 Å². The third kappa shape index (κ3) is 1.64. The molecule has 13 heavy (non-hydrogen) atoms. The highest BCUT2D eigenvalue weighted by molar-refractivity contribution is 7.13. The summed E-state index contributed by atoms with van der Waals surface area (Å²) in [7, 11) is 0. The maximum Gasteiger partial charge on any atom is 0.0424 e. The molecule has 2 heteroatoms. The summed E-state index contributed by atoms with van der Waals surface area (Å²) in [4.78, 5) is 1.17. The monoisotopic (exact) mass is 188 g/mol. The van der Waals surface area contributed by atoms with Crippen molar-refractivity contribution in [3.63, 3.8) is 0 Å². The van der Waals surface area contributed by atoms with E-state index in [-0.39, 0.29) is 0 Å². The Morgan fingerprint density at radius 1 is 1.31 bits per heavy atom. The van der Waals surface area contributed by atoms with E-state index < -0.39 is 0 Å². The molecular formula is C11H10NS. The molecule has 2 rings (SSSR count). The van der Waals surface area contributed by atoms with Gasteiger partial charge in [-0.2, -0.15) is 0 Å². The minimum Gasteiger partial charge on any atom is -0.326 e. The number of hydrogen-bond donors (Lipinski definition) is 1. The smallest absolute Gasteiger partial charge is 0.0424 e. The highest BCUT2D eigenvalue weighted by Crippen LogP contribution is 2.26. The van der Waals surface area contributed by atoms with E-state index in [4.69, 9.17) is 5.73 Å². The van der Waals surface area contributed by atoms with Crippen LogP contribution in [0.4, 0.5) is 0 Å². The highest BCUT2D eigenvalue weighted by atomic mass is 32.1. The average molecular weight is 188 g/mol. The van der Waals surface area contributed by atoms with Crippen LogP contribution in [-0.2, 0) is 6.54 Å². The number of thiophene rings is 1. The molecule has 1 radical (unpaired) electrons. The Labute approximate surface area is 81.8 Å². The van der Waals surface area contributed by atoms with Crippen molar-refractivity contribution in [2.24, 2.45) is 5.73 Å². The maximum absolute atomic E-state index is 5.65. The van der Waals surface area contributed by atoms with Gasteiger partial charge in [-0.25, -0.2) is 0 Å². The summed E-state index contributed by atoms with van der Waals surface area (Å²) in [5.74, 6) is 0. The summed E-state index contributed by atoms with van der Waals surface area (Å²) in [6.45, 7) is 0.585. The largest absolute Gasteiger partial charge is 0.326 e. The summed E-state index contributed by atoms with van der Waals surface area (Å²) in [5.41, 5.74) is 8.04. The van der Waals surface area contributed by atoms with Crippen molar-refractivity contribution >= 4 is 11.3 Å². The zero-order valence-corrected chi connectivity index (χ0v) is 7.97. The van der Waals surface area contributed by atoms with E-state index in [1.165, 1.54) is 16.0 Å². The molecule has 0 unspecified atom stereocenters. The van der Waals surface area contributed by atoms with Gasteiger partial charge in [0.05, 0.1) is 0 Å². The molecule has 2 N–H and O–H groups in total. The lowest BCUT2D eigenvalue weighted by Gasteiger charge is -2.03. The van der Waals surface area contributed by atoms with E-state index in [1.54, 1.807) is 11.3 Å². The van der Waals surface area contributed by atoms with Crippen LogP contribution in [0.5, 0.6) is 0 Å². The summed E-state index contributed by atoms with van der Waals surface area (Å²) < 4.78 is 0. The molecule has 1 nitrogen and oxygen atoms in total. The predicted molar refractivity (Wildman–Crippen MR) is 56.5 cm³/mol. The second-order valence-corrected chi connectivity index (χ2v) is 3.67. The van der Waals surface area contributed by atoms with Gasteiger partial charge in [-0.15, -0.1) is 11.3 Å². The first kappa shape index (κ1) is 8.48.